The molecule has 0 fully saturated rings. The summed E-state index contributed by atoms with van der Waals surface area (Å²) in [5.41, 5.74) is 2.56. The number of halogens is 2. The van der Waals surface area contributed by atoms with E-state index in [4.69, 9.17) is 11.6 Å². The van der Waals surface area contributed by atoms with E-state index in [9.17, 15) is 4.39 Å². The number of fused-ring (bicyclic) bond motifs is 1. The zero-order chi connectivity index (χ0) is 12.5. The Morgan fingerprint density at radius 2 is 2.06 bits per heavy atom. The minimum atomic E-state index is -0.263. The molecule has 4 heteroatoms. The molecule has 0 atom stereocenters. The molecule has 0 aliphatic heterocycles. The van der Waals surface area contributed by atoms with Crippen LogP contribution >= 0.6 is 11.6 Å². The monoisotopic (exact) mass is 260 g/mol. The summed E-state index contributed by atoms with van der Waals surface area (Å²) < 4.78 is 13.1. The molecule has 1 heterocycles. The van der Waals surface area contributed by atoms with Crippen LogP contribution in [0.25, 0.3) is 11.0 Å². The summed E-state index contributed by atoms with van der Waals surface area (Å²) in [4.78, 5) is 7.52. The number of nitrogens with zero attached hydrogens (tertiary/aromatic N) is 1. The summed E-state index contributed by atoms with van der Waals surface area (Å²) in [7, 11) is 0. The SMILES string of the molecule is Fc1ccc2nc(Cc3cccc(Cl)c3)[nH]c2c1. The quantitative estimate of drug-likeness (QED) is 0.743. The molecule has 2 nitrogen and oxygen atoms in total. The van der Waals surface area contributed by atoms with Gasteiger partial charge in [-0.05, 0) is 35.9 Å². The third-order valence-electron chi connectivity index (χ3n) is 2.75. The number of benzene rings is 2. The van der Waals surface area contributed by atoms with Crippen molar-refractivity contribution in [2.45, 2.75) is 6.42 Å². The molecule has 0 saturated heterocycles. The second-order valence-corrected chi connectivity index (χ2v) is 4.59. The van der Waals surface area contributed by atoms with E-state index in [0.29, 0.717) is 17.0 Å². The van der Waals surface area contributed by atoms with Crippen molar-refractivity contribution in [2.75, 3.05) is 0 Å². The average molecular weight is 261 g/mol. The second kappa shape index (κ2) is 4.42. The van der Waals surface area contributed by atoms with Gasteiger partial charge in [0, 0.05) is 11.4 Å². The van der Waals surface area contributed by atoms with Crippen LogP contribution in [0.15, 0.2) is 42.5 Å². The van der Waals surface area contributed by atoms with E-state index in [0.717, 1.165) is 16.9 Å². The fourth-order valence-electron chi connectivity index (χ4n) is 1.96. The van der Waals surface area contributed by atoms with Gasteiger partial charge in [0.1, 0.15) is 11.6 Å². The molecule has 3 aromatic rings. The highest BCUT2D eigenvalue weighted by molar-refractivity contribution is 6.30. The highest BCUT2D eigenvalue weighted by Crippen LogP contribution is 2.17. The number of hydrogen-bond acceptors (Lipinski definition) is 1. The smallest absolute Gasteiger partial charge is 0.125 e. The first kappa shape index (κ1) is 11.2. The molecule has 0 bridgehead atoms. The molecule has 2 aromatic carbocycles. The number of H-pyrrole nitrogens is 1. The van der Waals surface area contributed by atoms with E-state index >= 15 is 0 Å². The molecular formula is C14H10ClFN2. The first-order chi connectivity index (χ1) is 8.70. The Kier molecular flexibility index (Phi) is 2.76. The zero-order valence-corrected chi connectivity index (χ0v) is 10.2. The maximum Gasteiger partial charge on any atom is 0.125 e. The predicted molar refractivity (Wildman–Crippen MR) is 70.3 cm³/mol. The number of aromatic nitrogens is 2. The van der Waals surface area contributed by atoms with Gasteiger partial charge in [0.2, 0.25) is 0 Å². The lowest BCUT2D eigenvalue weighted by Gasteiger charge is -1.98. The Labute approximate surface area is 108 Å². The van der Waals surface area contributed by atoms with E-state index in [-0.39, 0.29) is 5.82 Å². The zero-order valence-electron chi connectivity index (χ0n) is 9.45. The van der Waals surface area contributed by atoms with Crippen LogP contribution in [0.3, 0.4) is 0 Å². The molecule has 0 aliphatic carbocycles. The topological polar surface area (TPSA) is 28.7 Å². The Morgan fingerprint density at radius 3 is 2.89 bits per heavy atom. The first-order valence-corrected chi connectivity index (χ1v) is 5.97. The molecule has 1 aromatic heterocycles. The molecule has 1 N–H and O–H groups in total. The highest BCUT2D eigenvalue weighted by atomic mass is 35.5. The summed E-state index contributed by atoms with van der Waals surface area (Å²) in [5, 5.41) is 0.703. The van der Waals surface area contributed by atoms with Crippen molar-refractivity contribution < 1.29 is 4.39 Å². The second-order valence-electron chi connectivity index (χ2n) is 4.15. The summed E-state index contributed by atoms with van der Waals surface area (Å²) >= 11 is 5.93. The maximum absolute atomic E-state index is 13.1. The Morgan fingerprint density at radius 1 is 1.17 bits per heavy atom. The lowest BCUT2D eigenvalue weighted by Crippen LogP contribution is -1.90. The Bertz CT molecular complexity index is 706. The third kappa shape index (κ3) is 2.22. The van der Waals surface area contributed by atoms with Crippen LogP contribution < -0.4 is 0 Å². The standard InChI is InChI=1S/C14H10ClFN2/c15-10-3-1-2-9(6-10)7-14-17-12-5-4-11(16)8-13(12)18-14/h1-6,8H,7H2,(H,17,18). The number of rotatable bonds is 2. The lowest BCUT2D eigenvalue weighted by molar-refractivity contribution is 0.629. The normalized spacial score (nSPS) is 11.0. The van der Waals surface area contributed by atoms with Crippen molar-refractivity contribution in [1.29, 1.82) is 0 Å². The molecule has 0 aliphatic rings. The van der Waals surface area contributed by atoms with Crippen molar-refractivity contribution in [1.82, 2.24) is 9.97 Å². The van der Waals surface area contributed by atoms with E-state index in [1.165, 1.54) is 12.1 Å². The molecule has 3 rings (SSSR count). The van der Waals surface area contributed by atoms with Crippen LogP contribution in [0.2, 0.25) is 5.02 Å². The fourth-order valence-corrected chi connectivity index (χ4v) is 2.17. The number of aromatic amines is 1. The van der Waals surface area contributed by atoms with Gasteiger partial charge in [-0.2, -0.15) is 0 Å². The van der Waals surface area contributed by atoms with Gasteiger partial charge in [-0.3, -0.25) is 0 Å². The summed E-state index contributed by atoms with van der Waals surface area (Å²) in [5.74, 6) is 0.540. The highest BCUT2D eigenvalue weighted by Gasteiger charge is 2.05. The van der Waals surface area contributed by atoms with Gasteiger partial charge < -0.3 is 4.98 Å². The predicted octanol–water partition coefficient (Wildman–Crippen LogP) is 3.95. The maximum atomic E-state index is 13.1. The molecule has 0 spiro atoms. The Balaban J connectivity index is 1.95. The van der Waals surface area contributed by atoms with Gasteiger partial charge in [0.05, 0.1) is 11.0 Å². The summed E-state index contributed by atoms with van der Waals surface area (Å²) in [6.45, 7) is 0. The van der Waals surface area contributed by atoms with Crippen molar-refractivity contribution in [3.63, 3.8) is 0 Å². The minimum absolute atomic E-state index is 0.263. The average Bonchev–Trinajstić information content (AvgIpc) is 2.70. The molecule has 0 amide bonds. The lowest BCUT2D eigenvalue weighted by atomic mass is 10.1. The molecule has 0 saturated carbocycles. The van der Waals surface area contributed by atoms with Gasteiger partial charge in [-0.1, -0.05) is 23.7 Å². The van der Waals surface area contributed by atoms with Crippen molar-refractivity contribution in [3.05, 3.63) is 64.7 Å². The third-order valence-corrected chi connectivity index (χ3v) is 2.99. The van der Waals surface area contributed by atoms with Gasteiger partial charge >= 0.3 is 0 Å². The minimum Gasteiger partial charge on any atom is -0.342 e. The van der Waals surface area contributed by atoms with Gasteiger partial charge in [-0.15, -0.1) is 0 Å². The molecule has 90 valence electrons. The van der Waals surface area contributed by atoms with Crippen LogP contribution in [0.5, 0.6) is 0 Å². The summed E-state index contributed by atoms with van der Waals surface area (Å²) in [6, 6.07) is 12.1. The van der Waals surface area contributed by atoms with Crippen molar-refractivity contribution in [3.8, 4) is 0 Å². The van der Waals surface area contributed by atoms with Gasteiger partial charge in [0.15, 0.2) is 0 Å². The largest absolute Gasteiger partial charge is 0.342 e. The summed E-state index contributed by atoms with van der Waals surface area (Å²) in [6.07, 6.45) is 0.650. The first-order valence-electron chi connectivity index (χ1n) is 5.59. The van der Waals surface area contributed by atoms with E-state index in [1.807, 2.05) is 24.3 Å². The molecule has 0 unspecified atom stereocenters. The number of imidazole rings is 1. The molecular weight excluding hydrogens is 251 g/mol. The van der Waals surface area contributed by atoms with Crippen LogP contribution in [0, 0.1) is 5.82 Å². The van der Waals surface area contributed by atoms with Crippen LogP contribution in [0.1, 0.15) is 11.4 Å². The Hall–Kier alpha value is -1.87. The van der Waals surface area contributed by atoms with Crippen LogP contribution in [-0.2, 0) is 6.42 Å². The van der Waals surface area contributed by atoms with Crippen LogP contribution in [-0.4, -0.2) is 9.97 Å². The number of nitrogens with one attached hydrogen (secondary N) is 1. The van der Waals surface area contributed by atoms with Crippen LogP contribution in [0.4, 0.5) is 4.39 Å². The van der Waals surface area contributed by atoms with E-state index < -0.39 is 0 Å². The number of hydrogen-bond donors (Lipinski definition) is 1. The van der Waals surface area contributed by atoms with E-state index in [2.05, 4.69) is 9.97 Å². The van der Waals surface area contributed by atoms with Gasteiger partial charge in [-0.25, -0.2) is 9.37 Å². The molecule has 18 heavy (non-hydrogen) atoms. The molecule has 0 radical (unpaired) electrons. The van der Waals surface area contributed by atoms with Crippen molar-refractivity contribution >= 4 is 22.6 Å². The van der Waals surface area contributed by atoms with Crippen molar-refractivity contribution in [2.24, 2.45) is 0 Å². The van der Waals surface area contributed by atoms with E-state index in [1.54, 1.807) is 6.07 Å². The van der Waals surface area contributed by atoms with Gasteiger partial charge in [0.25, 0.3) is 0 Å². The fraction of sp³-hybridized carbons (Fsp3) is 0.0714.